The quantitative estimate of drug-likeness (QED) is 0.818. The second-order valence-electron chi connectivity index (χ2n) is 7.16. The van der Waals surface area contributed by atoms with Gasteiger partial charge >= 0.3 is 6.09 Å². The molecular weight excluding hydrogens is 342 g/mol. The van der Waals surface area contributed by atoms with Gasteiger partial charge in [0, 0.05) is 18.4 Å². The Bertz CT molecular complexity index is 793. The number of rotatable bonds is 7. The number of carbonyl (C=O) groups excluding carboxylic acids is 2. The highest BCUT2D eigenvalue weighted by molar-refractivity contribution is 5.84. The Morgan fingerprint density at radius 2 is 2.04 bits per heavy atom. The van der Waals surface area contributed by atoms with Gasteiger partial charge in [-0.05, 0) is 36.5 Å². The molecule has 6 nitrogen and oxygen atoms in total. The van der Waals surface area contributed by atoms with Crippen molar-refractivity contribution in [2.45, 2.75) is 37.3 Å². The molecule has 0 spiro atoms. The number of nitrogens with one attached hydrogen (secondary N) is 1. The van der Waals surface area contributed by atoms with Crippen LogP contribution in [0.25, 0.3) is 0 Å². The van der Waals surface area contributed by atoms with Crippen LogP contribution in [0.4, 0.5) is 4.79 Å². The highest BCUT2D eigenvalue weighted by Gasteiger charge is 2.41. The minimum atomic E-state index is -0.313. The third-order valence-electron chi connectivity index (χ3n) is 5.07. The van der Waals surface area contributed by atoms with E-state index in [0.717, 1.165) is 24.0 Å². The van der Waals surface area contributed by atoms with Crippen molar-refractivity contribution in [3.8, 4) is 0 Å². The number of ether oxygens (including phenoxy) is 1. The minimum absolute atomic E-state index is 0.0639. The predicted octanol–water partition coefficient (Wildman–Crippen LogP) is 2.51. The molecule has 2 aromatic rings. The second-order valence-corrected chi connectivity index (χ2v) is 7.16. The largest absolute Gasteiger partial charge is 0.442 e. The summed E-state index contributed by atoms with van der Waals surface area (Å²) in [6, 6.07) is 13.9. The number of amides is 2. The first-order chi connectivity index (χ1) is 13.2. The van der Waals surface area contributed by atoms with Gasteiger partial charge in [0.2, 0.25) is 5.91 Å². The molecule has 2 heterocycles. The SMILES string of the molecule is O=C(NCC1CN(C2CC2)C(=O)O1)C(Cc1cccnc1)c1ccccc1. The van der Waals surface area contributed by atoms with Gasteiger partial charge in [-0.1, -0.05) is 36.4 Å². The third-order valence-corrected chi connectivity index (χ3v) is 5.07. The lowest BCUT2D eigenvalue weighted by molar-refractivity contribution is -0.122. The van der Waals surface area contributed by atoms with E-state index in [9.17, 15) is 9.59 Å². The van der Waals surface area contributed by atoms with Crippen molar-refractivity contribution in [2.24, 2.45) is 0 Å². The zero-order valence-electron chi connectivity index (χ0n) is 15.1. The first kappa shape index (κ1) is 17.5. The molecule has 2 unspecified atom stereocenters. The standard InChI is InChI=1S/C21H23N3O3/c25-20(23-13-18-14-24(17-8-9-17)21(26)27-18)19(16-6-2-1-3-7-16)11-15-5-4-10-22-12-15/h1-7,10,12,17-19H,8-9,11,13-14H2,(H,23,25). The van der Waals surface area contributed by atoms with Gasteiger partial charge in [-0.3, -0.25) is 9.78 Å². The molecule has 1 aromatic carbocycles. The number of aromatic nitrogens is 1. The molecule has 27 heavy (non-hydrogen) atoms. The first-order valence-corrected chi connectivity index (χ1v) is 9.39. The van der Waals surface area contributed by atoms with Gasteiger partial charge in [0.15, 0.2) is 0 Å². The molecule has 4 rings (SSSR count). The van der Waals surface area contributed by atoms with Crippen LogP contribution in [0.1, 0.15) is 29.9 Å². The van der Waals surface area contributed by atoms with Crippen molar-refractivity contribution in [1.82, 2.24) is 15.2 Å². The summed E-state index contributed by atoms with van der Waals surface area (Å²) >= 11 is 0. The molecule has 1 saturated carbocycles. The Hall–Kier alpha value is -2.89. The summed E-state index contributed by atoms with van der Waals surface area (Å²) in [5, 5.41) is 2.98. The number of nitrogens with zero attached hydrogens (tertiary/aromatic N) is 2. The maximum absolute atomic E-state index is 12.9. The number of hydrogen-bond donors (Lipinski definition) is 1. The van der Waals surface area contributed by atoms with E-state index in [0.29, 0.717) is 25.6 Å². The van der Waals surface area contributed by atoms with Crippen LogP contribution in [-0.4, -0.2) is 47.1 Å². The number of pyridine rings is 1. The van der Waals surface area contributed by atoms with Crippen molar-refractivity contribution in [2.75, 3.05) is 13.1 Å². The van der Waals surface area contributed by atoms with Crippen molar-refractivity contribution in [3.05, 3.63) is 66.0 Å². The zero-order valence-corrected chi connectivity index (χ0v) is 15.1. The summed E-state index contributed by atoms with van der Waals surface area (Å²) in [4.78, 5) is 30.7. The van der Waals surface area contributed by atoms with E-state index in [1.165, 1.54) is 0 Å². The topological polar surface area (TPSA) is 71.5 Å². The summed E-state index contributed by atoms with van der Waals surface area (Å²) < 4.78 is 5.39. The van der Waals surface area contributed by atoms with Gasteiger partial charge in [0.25, 0.3) is 0 Å². The molecule has 2 amide bonds. The molecule has 2 fully saturated rings. The lowest BCUT2D eigenvalue weighted by Gasteiger charge is -2.18. The molecule has 1 N–H and O–H groups in total. The maximum Gasteiger partial charge on any atom is 0.410 e. The van der Waals surface area contributed by atoms with Crippen molar-refractivity contribution < 1.29 is 14.3 Å². The number of hydrogen-bond acceptors (Lipinski definition) is 4. The smallest absolute Gasteiger partial charge is 0.410 e. The minimum Gasteiger partial charge on any atom is -0.442 e. The monoisotopic (exact) mass is 365 g/mol. The van der Waals surface area contributed by atoms with Crippen molar-refractivity contribution in [3.63, 3.8) is 0 Å². The van der Waals surface area contributed by atoms with Crippen LogP contribution in [-0.2, 0) is 16.0 Å². The van der Waals surface area contributed by atoms with Crippen LogP contribution in [0, 0.1) is 0 Å². The molecular formula is C21H23N3O3. The molecule has 1 aliphatic carbocycles. The molecule has 140 valence electrons. The Kier molecular flexibility index (Phi) is 5.05. The summed E-state index contributed by atoms with van der Waals surface area (Å²) in [6.07, 6.45) is 5.65. The van der Waals surface area contributed by atoms with Crippen molar-refractivity contribution in [1.29, 1.82) is 0 Å². The fourth-order valence-electron chi connectivity index (χ4n) is 3.47. The molecule has 1 aliphatic heterocycles. The van der Waals surface area contributed by atoms with Gasteiger partial charge in [-0.25, -0.2) is 4.79 Å². The Morgan fingerprint density at radius 3 is 2.74 bits per heavy atom. The number of carbonyl (C=O) groups is 2. The van der Waals surface area contributed by atoms with Crippen LogP contribution in [0.2, 0.25) is 0 Å². The Morgan fingerprint density at radius 1 is 1.22 bits per heavy atom. The molecule has 2 atom stereocenters. The van der Waals surface area contributed by atoms with Gasteiger partial charge in [0.1, 0.15) is 6.10 Å². The fraction of sp³-hybridized carbons (Fsp3) is 0.381. The van der Waals surface area contributed by atoms with Crippen LogP contribution in [0.3, 0.4) is 0 Å². The summed E-state index contributed by atoms with van der Waals surface area (Å²) in [6.45, 7) is 0.895. The van der Waals surface area contributed by atoms with Gasteiger partial charge < -0.3 is 15.0 Å². The lowest BCUT2D eigenvalue weighted by atomic mass is 9.91. The van der Waals surface area contributed by atoms with Crippen LogP contribution >= 0.6 is 0 Å². The summed E-state index contributed by atoms with van der Waals surface area (Å²) in [5.74, 6) is -0.377. The molecule has 6 heteroatoms. The molecule has 1 saturated heterocycles. The van der Waals surface area contributed by atoms with E-state index < -0.39 is 0 Å². The average Bonchev–Trinajstić information content (AvgIpc) is 3.48. The average molecular weight is 365 g/mol. The highest BCUT2D eigenvalue weighted by Crippen LogP contribution is 2.30. The normalized spacial score (nSPS) is 20.2. The van der Waals surface area contributed by atoms with Gasteiger partial charge in [-0.2, -0.15) is 0 Å². The van der Waals surface area contributed by atoms with E-state index in [1.54, 1.807) is 17.3 Å². The maximum atomic E-state index is 12.9. The van der Waals surface area contributed by atoms with Gasteiger partial charge in [0.05, 0.1) is 19.0 Å². The molecule has 1 aromatic heterocycles. The lowest BCUT2D eigenvalue weighted by Crippen LogP contribution is -2.38. The van der Waals surface area contributed by atoms with Gasteiger partial charge in [-0.15, -0.1) is 0 Å². The Balaban J connectivity index is 1.40. The first-order valence-electron chi connectivity index (χ1n) is 9.39. The Labute approximate surface area is 158 Å². The van der Waals surface area contributed by atoms with Crippen LogP contribution in [0.15, 0.2) is 54.9 Å². The second kappa shape index (κ2) is 7.78. The zero-order chi connectivity index (χ0) is 18.6. The fourth-order valence-corrected chi connectivity index (χ4v) is 3.47. The van der Waals surface area contributed by atoms with Crippen molar-refractivity contribution >= 4 is 12.0 Å². The molecule has 0 radical (unpaired) electrons. The van der Waals surface area contributed by atoms with E-state index in [4.69, 9.17) is 4.74 Å². The summed E-state index contributed by atoms with van der Waals surface area (Å²) in [7, 11) is 0. The van der Waals surface area contributed by atoms with E-state index in [-0.39, 0.29) is 24.0 Å². The van der Waals surface area contributed by atoms with Crippen LogP contribution < -0.4 is 5.32 Å². The third kappa shape index (κ3) is 4.27. The highest BCUT2D eigenvalue weighted by atomic mass is 16.6. The van der Waals surface area contributed by atoms with E-state index in [2.05, 4.69) is 10.3 Å². The van der Waals surface area contributed by atoms with Crippen LogP contribution in [0.5, 0.6) is 0 Å². The molecule has 2 aliphatic rings. The number of benzene rings is 1. The van der Waals surface area contributed by atoms with E-state index in [1.807, 2.05) is 42.5 Å². The van der Waals surface area contributed by atoms with E-state index >= 15 is 0 Å². The summed E-state index contributed by atoms with van der Waals surface area (Å²) in [5.41, 5.74) is 1.97. The number of cyclic esters (lactones) is 1. The predicted molar refractivity (Wildman–Crippen MR) is 100 cm³/mol. The molecule has 0 bridgehead atoms.